The lowest BCUT2D eigenvalue weighted by Gasteiger charge is -2.08. The maximum Gasteiger partial charge on any atom is 0.233 e. The predicted molar refractivity (Wildman–Crippen MR) is 68.2 cm³/mol. The summed E-state index contributed by atoms with van der Waals surface area (Å²) in [6.45, 7) is 1.86. The predicted octanol–water partition coefficient (Wildman–Crippen LogP) is 4.74. The van der Waals surface area contributed by atoms with Crippen LogP contribution in [0.1, 0.15) is 5.56 Å². The Morgan fingerprint density at radius 2 is 2.12 bits per heavy atom. The maximum atomic E-state index is 13.5. The molecule has 88 valence electrons. The Kier molecular flexibility index (Phi) is 3.64. The third kappa shape index (κ3) is 2.96. The van der Waals surface area contributed by atoms with Gasteiger partial charge in [-0.25, -0.2) is 9.37 Å². The molecule has 2 rings (SSSR count). The molecule has 0 saturated heterocycles. The fourth-order valence-electron chi connectivity index (χ4n) is 1.27. The third-order valence-electron chi connectivity index (χ3n) is 2.07. The van der Waals surface area contributed by atoms with Crippen LogP contribution < -0.4 is 4.74 Å². The van der Waals surface area contributed by atoms with Gasteiger partial charge in [0.15, 0.2) is 11.6 Å². The highest BCUT2D eigenvalue weighted by Gasteiger charge is 2.09. The molecule has 0 unspecified atom stereocenters. The first-order chi connectivity index (χ1) is 8.06. The monoisotopic (exact) mass is 315 g/mol. The highest BCUT2D eigenvalue weighted by molar-refractivity contribution is 9.10. The molecule has 0 fully saturated rings. The van der Waals surface area contributed by atoms with Crippen molar-refractivity contribution in [3.05, 3.63) is 51.3 Å². The lowest BCUT2D eigenvalue weighted by atomic mass is 10.2. The number of rotatable bonds is 2. The number of aromatic nitrogens is 1. The second-order valence-electron chi connectivity index (χ2n) is 3.48. The minimum Gasteiger partial charge on any atom is -0.435 e. The van der Waals surface area contributed by atoms with Crippen LogP contribution in [0.4, 0.5) is 4.39 Å². The Morgan fingerprint density at radius 1 is 1.35 bits per heavy atom. The molecule has 0 radical (unpaired) electrons. The van der Waals surface area contributed by atoms with Crippen molar-refractivity contribution >= 4 is 27.5 Å². The van der Waals surface area contributed by atoms with Gasteiger partial charge in [-0.3, -0.25) is 0 Å². The van der Waals surface area contributed by atoms with Crippen LogP contribution in [0.2, 0.25) is 5.02 Å². The summed E-state index contributed by atoms with van der Waals surface area (Å²) in [5, 5.41) is 0.480. The van der Waals surface area contributed by atoms with Crippen molar-refractivity contribution in [3.8, 4) is 11.6 Å². The molecule has 0 aliphatic heterocycles. The molecule has 0 bridgehead atoms. The van der Waals surface area contributed by atoms with E-state index in [4.69, 9.17) is 16.3 Å². The summed E-state index contributed by atoms with van der Waals surface area (Å²) >= 11 is 9.01. The molecule has 1 aromatic carbocycles. The summed E-state index contributed by atoms with van der Waals surface area (Å²) < 4.78 is 19.4. The van der Waals surface area contributed by atoms with Gasteiger partial charge in [0.2, 0.25) is 5.88 Å². The van der Waals surface area contributed by atoms with Gasteiger partial charge in [-0.2, -0.15) is 0 Å². The SMILES string of the molecule is Cc1ccc(F)c(Oc2ncc(Cl)cc2Br)c1. The molecule has 0 spiro atoms. The van der Waals surface area contributed by atoms with Crippen LogP contribution >= 0.6 is 27.5 Å². The lowest BCUT2D eigenvalue weighted by molar-refractivity contribution is 0.424. The molecule has 0 saturated carbocycles. The molecule has 1 heterocycles. The molecular weight excluding hydrogens is 308 g/mol. The standard InChI is InChI=1S/C12H8BrClFNO/c1-7-2-3-10(15)11(4-7)17-12-9(13)5-8(14)6-16-12/h2-6H,1H3. The van der Waals surface area contributed by atoms with Gasteiger partial charge in [0.25, 0.3) is 0 Å². The van der Waals surface area contributed by atoms with Crippen molar-refractivity contribution in [1.82, 2.24) is 4.98 Å². The Morgan fingerprint density at radius 3 is 2.82 bits per heavy atom. The molecule has 1 aromatic heterocycles. The number of ether oxygens (including phenoxy) is 1. The van der Waals surface area contributed by atoms with Crippen LogP contribution in [-0.2, 0) is 0 Å². The van der Waals surface area contributed by atoms with Crippen LogP contribution in [0.15, 0.2) is 34.9 Å². The van der Waals surface area contributed by atoms with Gasteiger partial charge in [0, 0.05) is 6.20 Å². The molecule has 0 amide bonds. The van der Waals surface area contributed by atoms with Gasteiger partial charge < -0.3 is 4.74 Å². The van der Waals surface area contributed by atoms with Gasteiger partial charge >= 0.3 is 0 Å². The summed E-state index contributed by atoms with van der Waals surface area (Å²) in [6.07, 6.45) is 1.44. The van der Waals surface area contributed by atoms with E-state index < -0.39 is 5.82 Å². The summed E-state index contributed by atoms with van der Waals surface area (Å²) in [5.41, 5.74) is 0.909. The Bertz CT molecular complexity index is 562. The van der Waals surface area contributed by atoms with E-state index in [2.05, 4.69) is 20.9 Å². The van der Waals surface area contributed by atoms with E-state index >= 15 is 0 Å². The summed E-state index contributed by atoms with van der Waals surface area (Å²) in [5.74, 6) is -0.0151. The van der Waals surface area contributed by atoms with Gasteiger partial charge in [0.1, 0.15) is 0 Å². The Labute approximate surface area is 112 Å². The van der Waals surface area contributed by atoms with Crippen LogP contribution in [0.3, 0.4) is 0 Å². The largest absolute Gasteiger partial charge is 0.435 e. The number of benzene rings is 1. The fraction of sp³-hybridized carbons (Fsp3) is 0.0833. The van der Waals surface area contributed by atoms with E-state index in [9.17, 15) is 4.39 Å². The first-order valence-corrected chi connectivity index (χ1v) is 5.98. The number of hydrogen-bond donors (Lipinski definition) is 0. The molecular formula is C12H8BrClFNO. The maximum absolute atomic E-state index is 13.5. The number of hydrogen-bond acceptors (Lipinski definition) is 2. The van der Waals surface area contributed by atoms with E-state index in [1.807, 2.05) is 6.92 Å². The molecule has 0 aliphatic carbocycles. The van der Waals surface area contributed by atoms with Crippen molar-refractivity contribution in [2.45, 2.75) is 6.92 Å². The van der Waals surface area contributed by atoms with Gasteiger partial charge in [-0.1, -0.05) is 17.7 Å². The van der Waals surface area contributed by atoms with Gasteiger partial charge in [-0.15, -0.1) is 0 Å². The average molecular weight is 317 g/mol. The minimum absolute atomic E-state index is 0.139. The van der Waals surface area contributed by atoms with Gasteiger partial charge in [-0.05, 0) is 46.6 Å². The molecule has 17 heavy (non-hydrogen) atoms. The Balaban J connectivity index is 2.34. The topological polar surface area (TPSA) is 22.1 Å². The number of aryl methyl sites for hydroxylation is 1. The molecule has 2 aromatic rings. The zero-order valence-electron chi connectivity index (χ0n) is 8.88. The van der Waals surface area contributed by atoms with Crippen molar-refractivity contribution in [2.75, 3.05) is 0 Å². The Hall–Kier alpha value is -1.13. The zero-order valence-corrected chi connectivity index (χ0v) is 11.2. The molecule has 5 heteroatoms. The number of halogens is 3. The summed E-state index contributed by atoms with van der Waals surface area (Å²) in [7, 11) is 0. The second kappa shape index (κ2) is 5.02. The van der Waals surface area contributed by atoms with E-state index in [0.717, 1.165) is 5.56 Å². The summed E-state index contributed by atoms with van der Waals surface area (Å²) in [6, 6.07) is 6.27. The fourth-order valence-corrected chi connectivity index (χ4v) is 1.99. The van der Waals surface area contributed by atoms with E-state index in [1.54, 1.807) is 18.2 Å². The van der Waals surface area contributed by atoms with Crippen LogP contribution in [0.5, 0.6) is 11.6 Å². The molecule has 0 aliphatic rings. The second-order valence-corrected chi connectivity index (χ2v) is 4.77. The first kappa shape index (κ1) is 12.3. The quantitative estimate of drug-likeness (QED) is 0.798. The normalized spacial score (nSPS) is 10.4. The highest BCUT2D eigenvalue weighted by Crippen LogP contribution is 2.31. The minimum atomic E-state index is -0.431. The van der Waals surface area contributed by atoms with E-state index in [-0.39, 0.29) is 11.6 Å². The summed E-state index contributed by atoms with van der Waals surface area (Å²) in [4.78, 5) is 3.98. The molecule has 0 atom stereocenters. The highest BCUT2D eigenvalue weighted by atomic mass is 79.9. The number of pyridine rings is 1. The van der Waals surface area contributed by atoms with Crippen molar-refractivity contribution < 1.29 is 9.13 Å². The first-order valence-electron chi connectivity index (χ1n) is 4.81. The van der Waals surface area contributed by atoms with Crippen LogP contribution in [0, 0.1) is 12.7 Å². The molecule has 2 nitrogen and oxygen atoms in total. The van der Waals surface area contributed by atoms with Crippen LogP contribution in [-0.4, -0.2) is 4.98 Å². The zero-order chi connectivity index (χ0) is 12.4. The van der Waals surface area contributed by atoms with E-state index in [1.165, 1.54) is 12.3 Å². The van der Waals surface area contributed by atoms with Gasteiger partial charge in [0.05, 0.1) is 9.50 Å². The van der Waals surface area contributed by atoms with E-state index in [0.29, 0.717) is 9.50 Å². The number of nitrogens with zero attached hydrogens (tertiary/aromatic N) is 1. The smallest absolute Gasteiger partial charge is 0.233 e. The lowest BCUT2D eigenvalue weighted by Crippen LogP contribution is -1.92. The van der Waals surface area contributed by atoms with Crippen molar-refractivity contribution in [3.63, 3.8) is 0 Å². The average Bonchev–Trinajstić information content (AvgIpc) is 2.27. The van der Waals surface area contributed by atoms with Crippen molar-refractivity contribution in [1.29, 1.82) is 0 Å². The molecule has 0 N–H and O–H groups in total. The third-order valence-corrected chi connectivity index (χ3v) is 2.84. The van der Waals surface area contributed by atoms with Crippen molar-refractivity contribution in [2.24, 2.45) is 0 Å². The van der Waals surface area contributed by atoms with Crippen LogP contribution in [0.25, 0.3) is 0 Å².